The molecule has 1 aliphatic heterocycles. The van der Waals surface area contributed by atoms with Crippen LogP contribution in [0.3, 0.4) is 0 Å². The van der Waals surface area contributed by atoms with Crippen LogP contribution in [0.1, 0.15) is 30.1 Å². The van der Waals surface area contributed by atoms with Crippen molar-refractivity contribution in [3.8, 4) is 34.1 Å². The highest BCUT2D eigenvalue weighted by molar-refractivity contribution is 5.93. The number of nitrogens with zero attached hydrogens (tertiary/aromatic N) is 3. The van der Waals surface area contributed by atoms with Crippen molar-refractivity contribution in [1.29, 1.82) is 5.26 Å². The predicted octanol–water partition coefficient (Wildman–Crippen LogP) is 4.58. The molecule has 4 aromatic rings. The van der Waals surface area contributed by atoms with Crippen LogP contribution in [-0.4, -0.2) is 34.0 Å². The summed E-state index contributed by atoms with van der Waals surface area (Å²) in [7, 11) is 0. The zero-order valence-corrected chi connectivity index (χ0v) is 20.4. The smallest absolute Gasteiger partial charge is 0.221 e. The quantitative estimate of drug-likeness (QED) is 0.358. The Kier molecular flexibility index (Phi) is 6.76. The Labute approximate surface area is 217 Å². The van der Waals surface area contributed by atoms with Gasteiger partial charge in [-0.05, 0) is 60.8 Å². The van der Waals surface area contributed by atoms with E-state index in [-0.39, 0.29) is 22.8 Å². The highest BCUT2D eigenvalue weighted by Gasteiger charge is 2.30. The summed E-state index contributed by atoms with van der Waals surface area (Å²) in [5.74, 6) is -2.39. The number of pyridine rings is 1. The van der Waals surface area contributed by atoms with E-state index < -0.39 is 23.7 Å². The van der Waals surface area contributed by atoms with Crippen LogP contribution in [0.15, 0.2) is 60.8 Å². The van der Waals surface area contributed by atoms with Gasteiger partial charge in [0, 0.05) is 40.9 Å². The molecule has 1 fully saturated rings. The molecular formula is C29H25F2N5O2. The van der Waals surface area contributed by atoms with Gasteiger partial charge in [0.15, 0.2) is 0 Å². The summed E-state index contributed by atoms with van der Waals surface area (Å²) in [6.07, 6.45) is 2.16. The van der Waals surface area contributed by atoms with Gasteiger partial charge in [-0.25, -0.2) is 8.78 Å². The number of hydrogen-bond acceptors (Lipinski definition) is 6. The number of nitrogens with two attached hydrogens (primary N) is 2. The van der Waals surface area contributed by atoms with Gasteiger partial charge in [-0.2, -0.15) is 5.26 Å². The van der Waals surface area contributed by atoms with Crippen LogP contribution in [0.2, 0.25) is 0 Å². The second kappa shape index (κ2) is 10.2. The molecule has 2 atom stereocenters. The van der Waals surface area contributed by atoms with Crippen molar-refractivity contribution in [2.45, 2.75) is 19.0 Å². The number of benzene rings is 3. The number of phenolic OH excluding ortho intramolecular Hbond substituents is 1. The van der Waals surface area contributed by atoms with Gasteiger partial charge in [0.1, 0.15) is 23.5 Å². The lowest BCUT2D eigenvalue weighted by Crippen LogP contribution is -2.45. The van der Waals surface area contributed by atoms with E-state index in [2.05, 4.69) is 4.98 Å². The SMILES string of the molecule is N#Cc1cccc(-c2ccc3ncc(-c4cc(F)cc(F)c4)c(C(N)N4CCCC(C(N)=O)C4)c3c2)c1O. The summed E-state index contributed by atoms with van der Waals surface area (Å²) in [5.41, 5.74) is 15.5. The number of aromatic hydroxyl groups is 1. The van der Waals surface area contributed by atoms with Gasteiger partial charge >= 0.3 is 0 Å². The maximum atomic E-state index is 14.2. The van der Waals surface area contributed by atoms with Crippen molar-refractivity contribution in [2.75, 3.05) is 13.1 Å². The number of amides is 1. The number of aromatic nitrogens is 1. The number of hydrogen-bond donors (Lipinski definition) is 3. The molecule has 192 valence electrons. The second-order valence-electron chi connectivity index (χ2n) is 9.47. The van der Waals surface area contributed by atoms with E-state index in [4.69, 9.17) is 11.5 Å². The first-order chi connectivity index (χ1) is 18.3. The predicted molar refractivity (Wildman–Crippen MR) is 139 cm³/mol. The lowest BCUT2D eigenvalue weighted by molar-refractivity contribution is -0.123. The number of phenols is 1. The molecule has 0 aliphatic carbocycles. The van der Waals surface area contributed by atoms with Crippen LogP contribution < -0.4 is 11.5 Å². The fraction of sp³-hybridized carbons (Fsp3) is 0.207. The van der Waals surface area contributed by atoms with E-state index in [1.165, 1.54) is 24.4 Å². The number of piperidine rings is 1. The number of fused-ring (bicyclic) bond motifs is 1. The molecule has 1 saturated heterocycles. The van der Waals surface area contributed by atoms with Gasteiger partial charge in [0.2, 0.25) is 5.91 Å². The summed E-state index contributed by atoms with van der Waals surface area (Å²) in [6, 6.07) is 15.4. The number of primary amides is 1. The van der Waals surface area contributed by atoms with E-state index in [0.717, 1.165) is 6.07 Å². The maximum absolute atomic E-state index is 14.2. The summed E-state index contributed by atoms with van der Waals surface area (Å²) in [4.78, 5) is 18.4. The molecule has 5 N–H and O–H groups in total. The van der Waals surface area contributed by atoms with Gasteiger partial charge < -0.3 is 16.6 Å². The van der Waals surface area contributed by atoms with Crippen molar-refractivity contribution < 1.29 is 18.7 Å². The van der Waals surface area contributed by atoms with Crippen LogP contribution in [0, 0.1) is 28.9 Å². The third-order valence-corrected chi connectivity index (χ3v) is 7.10. The summed E-state index contributed by atoms with van der Waals surface area (Å²) in [5, 5.41) is 20.6. The fourth-order valence-corrected chi connectivity index (χ4v) is 5.18. The monoisotopic (exact) mass is 513 g/mol. The number of carbonyl (C=O) groups excluding carboxylic acids is 1. The molecule has 1 aliphatic rings. The molecule has 2 heterocycles. The summed E-state index contributed by atoms with van der Waals surface area (Å²) >= 11 is 0. The largest absolute Gasteiger partial charge is 0.506 e. The summed E-state index contributed by atoms with van der Waals surface area (Å²) < 4.78 is 28.5. The number of halogens is 2. The average Bonchev–Trinajstić information content (AvgIpc) is 2.91. The molecule has 1 amide bonds. The molecule has 2 unspecified atom stereocenters. The lowest BCUT2D eigenvalue weighted by Gasteiger charge is -2.36. The molecule has 0 radical (unpaired) electrons. The lowest BCUT2D eigenvalue weighted by atomic mass is 9.91. The highest BCUT2D eigenvalue weighted by atomic mass is 19.1. The molecule has 5 rings (SSSR count). The van der Waals surface area contributed by atoms with Crippen molar-refractivity contribution in [3.05, 3.63) is 83.6 Å². The normalized spacial score (nSPS) is 16.7. The first-order valence-electron chi connectivity index (χ1n) is 12.2. The molecular weight excluding hydrogens is 488 g/mol. The molecule has 7 nitrogen and oxygen atoms in total. The van der Waals surface area contributed by atoms with Crippen LogP contribution in [0.25, 0.3) is 33.2 Å². The van der Waals surface area contributed by atoms with Crippen molar-refractivity contribution in [3.63, 3.8) is 0 Å². The van der Waals surface area contributed by atoms with Gasteiger partial charge in [0.25, 0.3) is 0 Å². The Hall–Kier alpha value is -4.39. The van der Waals surface area contributed by atoms with E-state index in [1.807, 2.05) is 11.0 Å². The maximum Gasteiger partial charge on any atom is 0.221 e. The van der Waals surface area contributed by atoms with Gasteiger partial charge in [-0.15, -0.1) is 0 Å². The Morgan fingerprint density at radius 3 is 2.58 bits per heavy atom. The molecule has 9 heteroatoms. The second-order valence-corrected chi connectivity index (χ2v) is 9.47. The highest BCUT2D eigenvalue weighted by Crippen LogP contribution is 2.39. The molecule has 3 aromatic carbocycles. The van der Waals surface area contributed by atoms with Crippen LogP contribution in [0.5, 0.6) is 5.75 Å². The molecule has 1 aromatic heterocycles. The van der Waals surface area contributed by atoms with E-state index in [9.17, 15) is 23.9 Å². The topological polar surface area (TPSA) is 129 Å². The molecule has 38 heavy (non-hydrogen) atoms. The first-order valence-corrected chi connectivity index (χ1v) is 12.2. The summed E-state index contributed by atoms with van der Waals surface area (Å²) in [6.45, 7) is 0.957. The molecule has 0 saturated carbocycles. The van der Waals surface area contributed by atoms with Gasteiger partial charge in [-0.3, -0.25) is 14.7 Å². The zero-order valence-electron chi connectivity index (χ0n) is 20.4. The Morgan fingerprint density at radius 2 is 1.87 bits per heavy atom. The van der Waals surface area contributed by atoms with Gasteiger partial charge in [0.05, 0.1) is 23.2 Å². The number of rotatable bonds is 5. The fourth-order valence-electron chi connectivity index (χ4n) is 5.18. The Morgan fingerprint density at radius 1 is 1.11 bits per heavy atom. The molecule has 0 spiro atoms. The van der Waals surface area contributed by atoms with E-state index in [0.29, 0.717) is 59.1 Å². The number of likely N-dealkylation sites (tertiary alicyclic amines) is 1. The van der Waals surface area contributed by atoms with E-state index in [1.54, 1.807) is 30.3 Å². The molecule has 0 bridgehead atoms. The number of para-hydroxylation sites is 1. The minimum atomic E-state index is -0.752. The zero-order chi connectivity index (χ0) is 27.0. The van der Waals surface area contributed by atoms with Crippen molar-refractivity contribution >= 4 is 16.8 Å². The third-order valence-electron chi connectivity index (χ3n) is 7.10. The standard InChI is InChI=1S/C29H25F2N5O2/c30-20-9-19(10-21(31)12-20)24-14-35-25-7-6-16(22-5-1-3-17(13-32)27(22)37)11-23(25)26(24)28(33)36-8-2-4-18(15-36)29(34)38/h1,3,5-7,9-12,14,18,28,37H,2,4,8,15,33H2,(H2,34,38). The third kappa shape index (κ3) is 4.67. The van der Waals surface area contributed by atoms with Crippen molar-refractivity contribution in [2.24, 2.45) is 17.4 Å². The minimum Gasteiger partial charge on any atom is -0.506 e. The number of nitriles is 1. The Balaban J connectivity index is 1.74. The van der Waals surface area contributed by atoms with Crippen LogP contribution >= 0.6 is 0 Å². The Bertz CT molecular complexity index is 1580. The van der Waals surface area contributed by atoms with Gasteiger partial charge in [-0.1, -0.05) is 18.2 Å². The van der Waals surface area contributed by atoms with Crippen LogP contribution in [-0.2, 0) is 4.79 Å². The minimum absolute atomic E-state index is 0.132. The average molecular weight is 514 g/mol. The van der Waals surface area contributed by atoms with Crippen molar-refractivity contribution in [1.82, 2.24) is 9.88 Å². The number of carbonyl (C=O) groups is 1. The van der Waals surface area contributed by atoms with E-state index >= 15 is 0 Å². The van der Waals surface area contributed by atoms with Crippen LogP contribution in [0.4, 0.5) is 8.78 Å². The first kappa shape index (κ1) is 25.3.